The van der Waals surface area contributed by atoms with E-state index in [1.165, 1.54) is 18.4 Å². The zero-order chi connectivity index (χ0) is 17.7. The number of halogens is 1. The summed E-state index contributed by atoms with van der Waals surface area (Å²) in [5.41, 5.74) is 6.62. The fourth-order valence-electron chi connectivity index (χ4n) is 3.82. The third-order valence-electron chi connectivity index (χ3n) is 5.38. The maximum atomic E-state index is 12.6. The van der Waals surface area contributed by atoms with Gasteiger partial charge in [0.2, 0.25) is 0 Å². The number of anilines is 1. The number of amides is 1. The van der Waals surface area contributed by atoms with E-state index in [2.05, 4.69) is 49.0 Å². The van der Waals surface area contributed by atoms with E-state index in [9.17, 15) is 4.79 Å². The first-order chi connectivity index (χ1) is 12.7. The number of ether oxygens (including phenoxy) is 1. The average molecular weight is 420 g/mol. The summed E-state index contributed by atoms with van der Waals surface area (Å²) in [5.74, 6) is 0.596. The van der Waals surface area contributed by atoms with Crippen LogP contribution in [-0.4, -0.2) is 49.6 Å². The van der Waals surface area contributed by atoms with E-state index < -0.39 is 0 Å². The molecule has 1 aromatic carbocycles. The number of benzene rings is 1. The summed E-state index contributed by atoms with van der Waals surface area (Å²) >= 11 is 3.58. The lowest BCUT2D eigenvalue weighted by atomic mass is 10.1. The number of nitrogens with zero attached hydrogens (tertiary/aromatic N) is 2. The summed E-state index contributed by atoms with van der Waals surface area (Å²) in [6, 6.07) is 6.35. The first-order valence-electron chi connectivity index (χ1n) is 9.14. The third-order valence-corrected chi connectivity index (χ3v) is 5.87. The Balaban J connectivity index is 1.37. The summed E-state index contributed by atoms with van der Waals surface area (Å²) in [5, 5.41) is 8.56. The number of hydrogen-bond donors (Lipinski definition) is 3. The summed E-state index contributed by atoms with van der Waals surface area (Å²) in [6.45, 7) is 3.02. The summed E-state index contributed by atoms with van der Waals surface area (Å²) in [7, 11) is 0. The fraction of sp³-hybridized carbons (Fsp3) is 0.500. The number of carbonyl (C=O) groups is 1. The first-order valence-corrected chi connectivity index (χ1v) is 9.93. The number of carbonyl (C=O) groups excluding carboxylic acids is 1. The zero-order valence-electron chi connectivity index (χ0n) is 14.4. The van der Waals surface area contributed by atoms with Crippen molar-refractivity contribution in [3.63, 3.8) is 0 Å². The molecule has 2 saturated heterocycles. The number of hydrazine groups is 1. The molecule has 2 atom stereocenters. The molecule has 1 amide bonds. The van der Waals surface area contributed by atoms with Crippen LogP contribution < -0.4 is 21.1 Å². The van der Waals surface area contributed by atoms with Crippen LogP contribution in [0.2, 0.25) is 0 Å². The molecule has 3 heterocycles. The SMILES string of the molecule is O=C1NC(N2CCOCC2)NC2NN(c3ccc(Br)cc3C3CC3)C=C12. The van der Waals surface area contributed by atoms with Crippen molar-refractivity contribution < 1.29 is 9.53 Å². The lowest BCUT2D eigenvalue weighted by Crippen LogP contribution is -2.68. The molecule has 2 unspecified atom stereocenters. The van der Waals surface area contributed by atoms with Crippen molar-refractivity contribution in [1.29, 1.82) is 0 Å². The Hall–Kier alpha value is -1.45. The molecule has 0 radical (unpaired) electrons. The summed E-state index contributed by atoms with van der Waals surface area (Å²) < 4.78 is 6.50. The van der Waals surface area contributed by atoms with Crippen LogP contribution in [0.3, 0.4) is 0 Å². The van der Waals surface area contributed by atoms with Gasteiger partial charge in [0.1, 0.15) is 12.5 Å². The predicted molar refractivity (Wildman–Crippen MR) is 101 cm³/mol. The van der Waals surface area contributed by atoms with Crippen molar-refractivity contribution in [3.05, 3.63) is 40.0 Å². The molecule has 1 aromatic rings. The molecule has 8 heteroatoms. The average Bonchev–Trinajstić information content (AvgIpc) is 3.41. The van der Waals surface area contributed by atoms with E-state index in [1.54, 1.807) is 0 Å². The highest BCUT2D eigenvalue weighted by atomic mass is 79.9. The molecule has 3 N–H and O–H groups in total. The molecule has 0 spiro atoms. The van der Waals surface area contributed by atoms with E-state index in [1.807, 2.05) is 17.3 Å². The van der Waals surface area contributed by atoms with Gasteiger partial charge >= 0.3 is 0 Å². The van der Waals surface area contributed by atoms with E-state index >= 15 is 0 Å². The molecule has 1 aliphatic carbocycles. The highest BCUT2D eigenvalue weighted by molar-refractivity contribution is 9.10. The number of rotatable bonds is 3. The van der Waals surface area contributed by atoms with E-state index in [4.69, 9.17) is 4.74 Å². The Bertz CT molecular complexity index is 760. The van der Waals surface area contributed by atoms with Gasteiger partial charge in [0, 0.05) is 23.8 Å². The monoisotopic (exact) mass is 419 g/mol. The van der Waals surface area contributed by atoms with Crippen LogP contribution in [0.15, 0.2) is 34.4 Å². The van der Waals surface area contributed by atoms with Gasteiger partial charge in [-0.05, 0) is 42.5 Å². The Morgan fingerprint density at radius 3 is 2.77 bits per heavy atom. The minimum Gasteiger partial charge on any atom is -0.379 e. The van der Waals surface area contributed by atoms with Crippen molar-refractivity contribution in [2.45, 2.75) is 31.2 Å². The van der Waals surface area contributed by atoms with E-state index in [0.29, 0.717) is 19.1 Å². The molecule has 1 saturated carbocycles. The predicted octanol–water partition coefficient (Wildman–Crippen LogP) is 1.20. The summed E-state index contributed by atoms with van der Waals surface area (Å²) in [4.78, 5) is 14.8. The molecule has 5 rings (SSSR count). The molecular formula is C18H22BrN5O2. The highest BCUT2D eigenvalue weighted by Gasteiger charge is 2.39. The van der Waals surface area contributed by atoms with Crippen molar-refractivity contribution in [3.8, 4) is 0 Å². The van der Waals surface area contributed by atoms with E-state index in [0.717, 1.165) is 28.8 Å². The molecule has 26 heavy (non-hydrogen) atoms. The standard InChI is InChI=1S/C18H22BrN5O2/c19-12-3-4-15(13(9-12)11-1-2-11)24-10-14-16(22-24)20-18(21-17(14)25)23-5-7-26-8-6-23/h3-4,9-11,16,18,20,22H,1-2,5-8H2,(H,21,25). The van der Waals surface area contributed by atoms with Gasteiger partial charge in [-0.15, -0.1) is 0 Å². The molecular weight excluding hydrogens is 398 g/mol. The van der Waals surface area contributed by atoms with Gasteiger partial charge in [-0.25, -0.2) is 5.43 Å². The minimum atomic E-state index is -0.188. The normalized spacial score (nSPS) is 29.3. The molecule has 0 aromatic heterocycles. The Morgan fingerprint density at radius 1 is 1.19 bits per heavy atom. The minimum absolute atomic E-state index is 0.0228. The Morgan fingerprint density at radius 2 is 2.00 bits per heavy atom. The topological polar surface area (TPSA) is 68.9 Å². The quantitative estimate of drug-likeness (QED) is 0.683. The zero-order valence-corrected chi connectivity index (χ0v) is 16.0. The number of fused-ring (bicyclic) bond motifs is 1. The largest absolute Gasteiger partial charge is 0.379 e. The van der Waals surface area contributed by atoms with Crippen LogP contribution in [0.5, 0.6) is 0 Å². The van der Waals surface area contributed by atoms with Crippen LogP contribution >= 0.6 is 15.9 Å². The molecule has 0 bridgehead atoms. The Kier molecular flexibility index (Phi) is 4.25. The van der Waals surface area contributed by atoms with Crippen LogP contribution in [-0.2, 0) is 9.53 Å². The van der Waals surface area contributed by atoms with Gasteiger partial charge in [-0.2, -0.15) is 0 Å². The first kappa shape index (κ1) is 16.7. The number of hydrogen-bond acceptors (Lipinski definition) is 6. The molecule has 3 fully saturated rings. The molecule has 7 nitrogen and oxygen atoms in total. The van der Waals surface area contributed by atoms with Crippen LogP contribution in [0, 0.1) is 0 Å². The van der Waals surface area contributed by atoms with Gasteiger partial charge in [-0.3, -0.25) is 20.0 Å². The van der Waals surface area contributed by atoms with Crippen LogP contribution in [0.4, 0.5) is 5.69 Å². The second kappa shape index (κ2) is 6.61. The number of morpholine rings is 1. The Labute approximate surface area is 160 Å². The summed E-state index contributed by atoms with van der Waals surface area (Å²) in [6.07, 6.45) is 4.02. The van der Waals surface area contributed by atoms with Crippen molar-refractivity contribution >= 4 is 27.5 Å². The van der Waals surface area contributed by atoms with Gasteiger partial charge in [-0.1, -0.05) is 15.9 Å². The fourth-order valence-corrected chi connectivity index (χ4v) is 4.20. The lowest BCUT2D eigenvalue weighted by Gasteiger charge is -2.40. The molecule has 4 aliphatic rings. The van der Waals surface area contributed by atoms with Gasteiger partial charge in [0.15, 0.2) is 0 Å². The maximum absolute atomic E-state index is 12.6. The van der Waals surface area contributed by atoms with Gasteiger partial charge in [0.05, 0.1) is 24.5 Å². The van der Waals surface area contributed by atoms with E-state index in [-0.39, 0.29) is 18.4 Å². The van der Waals surface area contributed by atoms with Crippen molar-refractivity contribution in [1.82, 2.24) is 21.0 Å². The molecule has 138 valence electrons. The molecule has 3 aliphatic heterocycles. The van der Waals surface area contributed by atoms with Gasteiger partial charge in [0.25, 0.3) is 5.91 Å². The second-order valence-corrected chi connectivity index (χ2v) is 8.10. The van der Waals surface area contributed by atoms with Crippen LogP contribution in [0.25, 0.3) is 0 Å². The second-order valence-electron chi connectivity index (χ2n) is 7.18. The van der Waals surface area contributed by atoms with Crippen molar-refractivity contribution in [2.24, 2.45) is 0 Å². The van der Waals surface area contributed by atoms with Gasteiger partial charge < -0.3 is 10.1 Å². The lowest BCUT2D eigenvalue weighted by molar-refractivity contribution is -0.123. The van der Waals surface area contributed by atoms with Crippen molar-refractivity contribution in [2.75, 3.05) is 31.3 Å². The maximum Gasteiger partial charge on any atom is 0.254 e. The smallest absolute Gasteiger partial charge is 0.254 e. The number of nitrogens with one attached hydrogen (secondary N) is 3. The van der Waals surface area contributed by atoms with Crippen LogP contribution in [0.1, 0.15) is 24.3 Å². The third kappa shape index (κ3) is 3.05. The highest BCUT2D eigenvalue weighted by Crippen LogP contribution is 2.45.